The molecule has 0 bridgehead atoms. The van der Waals surface area contributed by atoms with Crippen molar-refractivity contribution in [1.29, 1.82) is 0 Å². The van der Waals surface area contributed by atoms with Crippen molar-refractivity contribution in [3.63, 3.8) is 0 Å². The molecule has 1 atom stereocenters. The van der Waals surface area contributed by atoms with E-state index in [1.165, 1.54) is 25.7 Å². The summed E-state index contributed by atoms with van der Waals surface area (Å²) in [6, 6.07) is 0. The molecule has 5 heteroatoms. The highest BCUT2D eigenvalue weighted by Gasteiger charge is 2.41. The molecule has 140 valence electrons. The normalized spacial score (nSPS) is 30.5. The van der Waals surface area contributed by atoms with E-state index in [1.54, 1.807) is 5.57 Å². The molecule has 4 rings (SSSR count). The molecule has 1 spiro atoms. The number of hydrogen-bond donors (Lipinski definition) is 0. The van der Waals surface area contributed by atoms with Crippen molar-refractivity contribution in [2.24, 2.45) is 0 Å². The zero-order chi connectivity index (χ0) is 17.1. The van der Waals surface area contributed by atoms with Crippen LogP contribution in [0.15, 0.2) is 11.6 Å². The molecule has 4 aliphatic rings. The highest BCUT2D eigenvalue weighted by Crippen LogP contribution is 2.32. The first-order valence-corrected chi connectivity index (χ1v) is 10.2. The van der Waals surface area contributed by atoms with Crippen molar-refractivity contribution in [2.75, 3.05) is 45.9 Å². The molecular formula is C20H32N2O3. The molecule has 0 saturated carbocycles. The Morgan fingerprint density at radius 2 is 2.04 bits per heavy atom. The van der Waals surface area contributed by atoms with Crippen LogP contribution in [0.5, 0.6) is 0 Å². The van der Waals surface area contributed by atoms with Gasteiger partial charge in [0.15, 0.2) is 0 Å². The van der Waals surface area contributed by atoms with Gasteiger partial charge in [-0.25, -0.2) is 0 Å². The molecule has 1 unspecified atom stereocenters. The number of ether oxygens (including phenoxy) is 2. The van der Waals surface area contributed by atoms with Gasteiger partial charge < -0.3 is 14.4 Å². The van der Waals surface area contributed by atoms with Gasteiger partial charge in [-0.1, -0.05) is 11.6 Å². The number of allylic oxidation sites excluding steroid dienone is 1. The maximum atomic E-state index is 12.5. The van der Waals surface area contributed by atoms with E-state index < -0.39 is 0 Å². The number of likely N-dealkylation sites (tertiary alicyclic amines) is 1. The summed E-state index contributed by atoms with van der Waals surface area (Å²) in [7, 11) is 0. The first-order chi connectivity index (χ1) is 12.2. The van der Waals surface area contributed by atoms with Gasteiger partial charge in [-0.2, -0.15) is 0 Å². The number of morpholine rings is 1. The van der Waals surface area contributed by atoms with E-state index in [0.29, 0.717) is 0 Å². The van der Waals surface area contributed by atoms with E-state index in [2.05, 4.69) is 11.0 Å². The minimum atomic E-state index is -0.184. The molecule has 0 radical (unpaired) electrons. The lowest BCUT2D eigenvalue weighted by atomic mass is 9.88. The molecular weight excluding hydrogens is 316 g/mol. The number of amides is 1. The Morgan fingerprint density at radius 1 is 1.16 bits per heavy atom. The standard InChI is InChI=1S/C20H32N2O3/c23-19(18-7-4-13-24-18)22-10-8-20(9-11-22)16-21(12-14-25-20)15-17-5-2-1-3-6-17/h5,18H,1-4,6-16H2. The number of carbonyl (C=O) groups is 1. The smallest absolute Gasteiger partial charge is 0.251 e. The Bertz CT molecular complexity index is 505. The van der Waals surface area contributed by atoms with Crippen LogP contribution in [-0.2, 0) is 14.3 Å². The monoisotopic (exact) mass is 348 g/mol. The van der Waals surface area contributed by atoms with Gasteiger partial charge in [0.25, 0.3) is 5.91 Å². The molecule has 3 saturated heterocycles. The second-order valence-electron chi connectivity index (χ2n) is 8.18. The van der Waals surface area contributed by atoms with Crippen LogP contribution in [0.2, 0.25) is 0 Å². The molecule has 1 amide bonds. The van der Waals surface area contributed by atoms with Crippen LogP contribution in [-0.4, -0.2) is 73.3 Å². The second kappa shape index (κ2) is 7.77. The van der Waals surface area contributed by atoms with Gasteiger partial charge in [0.05, 0.1) is 12.2 Å². The Kier molecular flexibility index (Phi) is 5.44. The van der Waals surface area contributed by atoms with Crippen LogP contribution in [0.4, 0.5) is 0 Å². The molecule has 1 aliphatic carbocycles. The number of carbonyl (C=O) groups excluding carboxylic acids is 1. The van der Waals surface area contributed by atoms with Crippen molar-refractivity contribution >= 4 is 5.91 Å². The maximum Gasteiger partial charge on any atom is 0.251 e. The van der Waals surface area contributed by atoms with E-state index in [-0.39, 0.29) is 17.6 Å². The highest BCUT2D eigenvalue weighted by molar-refractivity contribution is 5.81. The van der Waals surface area contributed by atoms with Crippen molar-refractivity contribution in [3.05, 3.63) is 11.6 Å². The molecule has 0 aromatic heterocycles. The first kappa shape index (κ1) is 17.5. The number of rotatable bonds is 3. The number of piperidine rings is 1. The SMILES string of the molecule is O=C(C1CCCO1)N1CCC2(CC1)CN(CC1=CCCCC1)CCO2. The average molecular weight is 348 g/mol. The third-order valence-electron chi connectivity index (χ3n) is 6.33. The van der Waals surface area contributed by atoms with Gasteiger partial charge in [0.2, 0.25) is 0 Å². The largest absolute Gasteiger partial charge is 0.372 e. The Hall–Kier alpha value is -0.910. The van der Waals surface area contributed by atoms with E-state index in [4.69, 9.17) is 9.47 Å². The molecule has 0 N–H and O–H groups in total. The number of nitrogens with zero attached hydrogens (tertiary/aromatic N) is 2. The summed E-state index contributed by atoms with van der Waals surface area (Å²) in [5.41, 5.74) is 1.58. The van der Waals surface area contributed by atoms with Gasteiger partial charge in [-0.3, -0.25) is 9.69 Å². The Labute approximate surface area is 151 Å². The predicted molar refractivity (Wildman–Crippen MR) is 96.5 cm³/mol. The zero-order valence-electron chi connectivity index (χ0n) is 15.4. The topological polar surface area (TPSA) is 42.0 Å². The fraction of sp³-hybridized carbons (Fsp3) is 0.850. The fourth-order valence-electron chi connectivity index (χ4n) is 4.81. The fourth-order valence-corrected chi connectivity index (χ4v) is 4.81. The summed E-state index contributed by atoms with van der Waals surface area (Å²) in [5.74, 6) is 0.201. The van der Waals surface area contributed by atoms with Crippen LogP contribution in [0.3, 0.4) is 0 Å². The lowest BCUT2D eigenvalue weighted by molar-refractivity contribution is -0.156. The van der Waals surface area contributed by atoms with Gasteiger partial charge >= 0.3 is 0 Å². The summed E-state index contributed by atoms with van der Waals surface area (Å²) in [6.45, 7) is 6.37. The molecule has 5 nitrogen and oxygen atoms in total. The summed E-state index contributed by atoms with van der Waals surface area (Å²) >= 11 is 0. The van der Waals surface area contributed by atoms with E-state index >= 15 is 0 Å². The summed E-state index contributed by atoms with van der Waals surface area (Å²) in [4.78, 5) is 17.1. The summed E-state index contributed by atoms with van der Waals surface area (Å²) < 4.78 is 11.8. The first-order valence-electron chi connectivity index (χ1n) is 10.2. The van der Waals surface area contributed by atoms with Crippen molar-refractivity contribution in [2.45, 2.75) is 63.1 Å². The number of hydrogen-bond acceptors (Lipinski definition) is 4. The molecule has 25 heavy (non-hydrogen) atoms. The van der Waals surface area contributed by atoms with E-state index in [1.807, 2.05) is 4.90 Å². The van der Waals surface area contributed by atoms with Gasteiger partial charge in [0, 0.05) is 39.3 Å². The van der Waals surface area contributed by atoms with Crippen LogP contribution in [0.1, 0.15) is 51.4 Å². The quantitative estimate of drug-likeness (QED) is 0.735. The molecule has 0 aromatic carbocycles. The van der Waals surface area contributed by atoms with Crippen molar-refractivity contribution in [1.82, 2.24) is 9.80 Å². The molecule has 3 heterocycles. The van der Waals surface area contributed by atoms with Gasteiger partial charge in [0.1, 0.15) is 6.10 Å². The van der Waals surface area contributed by atoms with Crippen LogP contribution < -0.4 is 0 Å². The average Bonchev–Trinajstić information content (AvgIpc) is 3.18. The van der Waals surface area contributed by atoms with Gasteiger partial charge in [-0.05, 0) is 51.4 Å². The van der Waals surface area contributed by atoms with Crippen molar-refractivity contribution in [3.8, 4) is 0 Å². The van der Waals surface area contributed by atoms with Crippen LogP contribution in [0.25, 0.3) is 0 Å². The Balaban J connectivity index is 1.30. The minimum Gasteiger partial charge on any atom is -0.372 e. The lowest BCUT2D eigenvalue weighted by Gasteiger charge is -2.47. The predicted octanol–water partition coefficient (Wildman–Crippen LogP) is 2.36. The third-order valence-corrected chi connectivity index (χ3v) is 6.33. The summed E-state index contributed by atoms with van der Waals surface area (Å²) in [6.07, 6.45) is 11.3. The minimum absolute atomic E-state index is 0.0409. The maximum absolute atomic E-state index is 12.5. The molecule has 0 aromatic rings. The van der Waals surface area contributed by atoms with Crippen molar-refractivity contribution < 1.29 is 14.3 Å². The van der Waals surface area contributed by atoms with E-state index in [9.17, 15) is 4.79 Å². The van der Waals surface area contributed by atoms with E-state index in [0.717, 1.165) is 71.6 Å². The van der Waals surface area contributed by atoms with Crippen LogP contribution >= 0.6 is 0 Å². The molecule has 3 fully saturated rings. The third kappa shape index (κ3) is 4.09. The summed E-state index contributed by atoms with van der Waals surface area (Å²) in [5, 5.41) is 0. The van der Waals surface area contributed by atoms with Gasteiger partial charge in [-0.15, -0.1) is 0 Å². The zero-order valence-corrected chi connectivity index (χ0v) is 15.4. The highest BCUT2D eigenvalue weighted by atomic mass is 16.5. The lowest BCUT2D eigenvalue weighted by Crippen LogP contribution is -2.58. The Morgan fingerprint density at radius 3 is 2.76 bits per heavy atom. The second-order valence-corrected chi connectivity index (χ2v) is 8.18. The van der Waals surface area contributed by atoms with Crippen LogP contribution in [0, 0.1) is 0 Å². The molecule has 3 aliphatic heterocycles.